The van der Waals surface area contributed by atoms with Crippen LogP contribution in [0.2, 0.25) is 0 Å². The van der Waals surface area contributed by atoms with Gasteiger partial charge in [-0.25, -0.2) is 0 Å². The van der Waals surface area contributed by atoms with E-state index in [9.17, 15) is 52.7 Å². The van der Waals surface area contributed by atoms with Crippen molar-refractivity contribution < 1.29 is 62.2 Å². The van der Waals surface area contributed by atoms with Crippen LogP contribution in [-0.4, -0.2) is 0 Å². The molecule has 206 valence electrons. The second kappa shape index (κ2) is 9.40. The molecule has 3 rings (SSSR count). The Kier molecular flexibility index (Phi) is 7.07. The van der Waals surface area contributed by atoms with E-state index in [0.29, 0.717) is 12.1 Å². The molecule has 38 heavy (non-hydrogen) atoms. The summed E-state index contributed by atoms with van der Waals surface area (Å²) < 4.78 is 169. The molecule has 0 unspecified atom stereocenters. The second-order valence-electron chi connectivity index (χ2n) is 7.47. The Hall–Kier alpha value is -3.98. The molecule has 0 heterocycles. The molecule has 3 aromatic rings. The van der Waals surface area contributed by atoms with Crippen LogP contribution in [0, 0.1) is 0 Å². The molecule has 0 fully saturated rings. The molecule has 16 heteroatoms. The number of hydrogen-bond acceptors (Lipinski definition) is 4. The lowest BCUT2D eigenvalue weighted by molar-refractivity contribution is -0.144. The SMILES string of the molecule is Nc1c(C(F)(F)F)ccc(Oc2cccc(Oc3ccc(C(F)(F)F)c(N)c3C(F)(F)F)c2)c1C(F)(F)F. The molecule has 0 amide bonds. The van der Waals surface area contributed by atoms with Gasteiger partial charge in [-0.15, -0.1) is 0 Å². The molecule has 0 radical (unpaired) electrons. The summed E-state index contributed by atoms with van der Waals surface area (Å²) in [5.74, 6) is -3.45. The number of halogens is 12. The molecule has 0 bridgehead atoms. The standard InChI is InChI=1S/C22H12F12N2O2/c23-19(24,25)11-4-6-13(15(17(11)35)21(29,30)31)37-9-2-1-3-10(8-9)38-14-7-5-12(20(26,27)28)18(36)16(14)22(32,33)34/h1-8H,35-36H2. The molecule has 0 spiro atoms. The minimum Gasteiger partial charge on any atom is -0.457 e. The Morgan fingerprint density at radius 1 is 0.474 bits per heavy atom. The lowest BCUT2D eigenvalue weighted by Gasteiger charge is -2.20. The van der Waals surface area contributed by atoms with Gasteiger partial charge in [0.05, 0.1) is 22.5 Å². The van der Waals surface area contributed by atoms with Crippen LogP contribution >= 0.6 is 0 Å². The lowest BCUT2D eigenvalue weighted by Crippen LogP contribution is -2.17. The van der Waals surface area contributed by atoms with E-state index in [0.717, 1.165) is 24.3 Å². The van der Waals surface area contributed by atoms with Crippen LogP contribution in [0.25, 0.3) is 0 Å². The van der Waals surface area contributed by atoms with E-state index in [1.807, 2.05) is 0 Å². The largest absolute Gasteiger partial charge is 0.457 e. The van der Waals surface area contributed by atoms with E-state index in [4.69, 9.17) is 20.9 Å². The van der Waals surface area contributed by atoms with Gasteiger partial charge in [0.25, 0.3) is 0 Å². The highest BCUT2D eigenvalue weighted by molar-refractivity contribution is 5.64. The Morgan fingerprint density at radius 2 is 0.816 bits per heavy atom. The fourth-order valence-electron chi connectivity index (χ4n) is 3.30. The monoisotopic (exact) mass is 564 g/mol. The average molecular weight is 564 g/mol. The van der Waals surface area contributed by atoms with Crippen LogP contribution in [0.4, 0.5) is 64.1 Å². The third-order valence-corrected chi connectivity index (χ3v) is 4.85. The fraction of sp³-hybridized carbons (Fsp3) is 0.182. The predicted octanol–water partition coefficient (Wildman–Crippen LogP) is 8.51. The number of ether oxygens (including phenoxy) is 2. The van der Waals surface area contributed by atoms with Crippen molar-refractivity contribution >= 4 is 11.4 Å². The van der Waals surface area contributed by atoms with Crippen LogP contribution in [0.1, 0.15) is 22.3 Å². The average Bonchev–Trinajstić information content (AvgIpc) is 2.70. The number of anilines is 2. The number of alkyl halides is 12. The van der Waals surface area contributed by atoms with Crippen molar-refractivity contribution in [1.82, 2.24) is 0 Å². The first-order chi connectivity index (χ1) is 17.2. The maximum Gasteiger partial charge on any atom is 0.421 e. The normalized spacial score (nSPS) is 12.9. The third-order valence-electron chi connectivity index (χ3n) is 4.85. The van der Waals surface area contributed by atoms with Gasteiger partial charge in [-0.3, -0.25) is 0 Å². The Morgan fingerprint density at radius 3 is 1.11 bits per heavy atom. The van der Waals surface area contributed by atoms with E-state index in [1.165, 1.54) is 0 Å². The summed E-state index contributed by atoms with van der Waals surface area (Å²) in [6.45, 7) is 0. The summed E-state index contributed by atoms with van der Waals surface area (Å²) in [6.07, 6.45) is -21.3. The van der Waals surface area contributed by atoms with E-state index < -0.39 is 81.3 Å². The summed E-state index contributed by atoms with van der Waals surface area (Å²) in [6, 6.07) is 4.87. The molecule has 0 aliphatic rings. The molecule has 0 saturated heterocycles. The summed E-state index contributed by atoms with van der Waals surface area (Å²) in [5.41, 5.74) is -0.621. The Balaban J connectivity index is 2.03. The van der Waals surface area contributed by atoms with Crippen molar-refractivity contribution in [3.8, 4) is 23.0 Å². The first kappa shape index (κ1) is 28.6. The summed E-state index contributed by atoms with van der Waals surface area (Å²) in [4.78, 5) is 0. The summed E-state index contributed by atoms with van der Waals surface area (Å²) >= 11 is 0. The Labute approximate surface area is 204 Å². The first-order valence-corrected chi connectivity index (χ1v) is 9.80. The zero-order chi connectivity index (χ0) is 28.8. The first-order valence-electron chi connectivity index (χ1n) is 9.80. The Bertz CT molecular complexity index is 1240. The van der Waals surface area contributed by atoms with Gasteiger partial charge in [-0.2, -0.15) is 52.7 Å². The van der Waals surface area contributed by atoms with Gasteiger partial charge in [-0.05, 0) is 36.4 Å². The fourth-order valence-corrected chi connectivity index (χ4v) is 3.30. The topological polar surface area (TPSA) is 70.5 Å². The highest BCUT2D eigenvalue weighted by Gasteiger charge is 2.44. The number of nitrogens with two attached hydrogens (primary N) is 2. The van der Waals surface area contributed by atoms with Crippen molar-refractivity contribution in [2.45, 2.75) is 24.7 Å². The number of nitrogen functional groups attached to an aromatic ring is 2. The molecular formula is C22H12F12N2O2. The number of benzene rings is 3. The molecule has 0 aliphatic heterocycles. The molecule has 0 aromatic heterocycles. The molecule has 3 aromatic carbocycles. The third kappa shape index (κ3) is 5.94. The van der Waals surface area contributed by atoms with Gasteiger partial charge in [0, 0.05) is 6.07 Å². The highest BCUT2D eigenvalue weighted by Crippen LogP contribution is 2.48. The maximum atomic E-state index is 13.5. The molecular weight excluding hydrogens is 552 g/mol. The highest BCUT2D eigenvalue weighted by atomic mass is 19.4. The summed E-state index contributed by atoms with van der Waals surface area (Å²) in [5, 5.41) is 0. The van der Waals surface area contributed by atoms with Gasteiger partial charge < -0.3 is 20.9 Å². The van der Waals surface area contributed by atoms with Crippen LogP contribution in [-0.2, 0) is 24.7 Å². The van der Waals surface area contributed by atoms with Crippen LogP contribution in [0.5, 0.6) is 23.0 Å². The number of rotatable bonds is 4. The second-order valence-corrected chi connectivity index (χ2v) is 7.47. The molecule has 0 saturated carbocycles. The number of hydrogen-bond donors (Lipinski definition) is 2. The molecule has 4 N–H and O–H groups in total. The van der Waals surface area contributed by atoms with E-state index in [2.05, 4.69) is 0 Å². The van der Waals surface area contributed by atoms with Gasteiger partial charge in [0.2, 0.25) is 0 Å². The van der Waals surface area contributed by atoms with Crippen molar-refractivity contribution in [3.05, 3.63) is 70.8 Å². The minimum atomic E-state index is -5.41. The van der Waals surface area contributed by atoms with Crippen molar-refractivity contribution in [2.24, 2.45) is 0 Å². The van der Waals surface area contributed by atoms with E-state index >= 15 is 0 Å². The molecule has 0 atom stereocenters. The molecule has 4 nitrogen and oxygen atoms in total. The van der Waals surface area contributed by atoms with Crippen LogP contribution in [0.15, 0.2) is 48.5 Å². The predicted molar refractivity (Wildman–Crippen MR) is 108 cm³/mol. The zero-order valence-electron chi connectivity index (χ0n) is 18.1. The van der Waals surface area contributed by atoms with Crippen LogP contribution in [0.3, 0.4) is 0 Å². The zero-order valence-corrected chi connectivity index (χ0v) is 18.1. The van der Waals surface area contributed by atoms with Crippen molar-refractivity contribution in [3.63, 3.8) is 0 Å². The van der Waals surface area contributed by atoms with Gasteiger partial charge in [0.1, 0.15) is 34.1 Å². The quantitative estimate of drug-likeness (QED) is 0.246. The van der Waals surface area contributed by atoms with Gasteiger partial charge >= 0.3 is 24.7 Å². The van der Waals surface area contributed by atoms with Gasteiger partial charge in [0.15, 0.2) is 0 Å². The van der Waals surface area contributed by atoms with E-state index in [1.54, 1.807) is 0 Å². The van der Waals surface area contributed by atoms with Gasteiger partial charge in [-0.1, -0.05) is 6.07 Å². The lowest BCUT2D eigenvalue weighted by atomic mass is 10.0. The summed E-state index contributed by atoms with van der Waals surface area (Å²) in [7, 11) is 0. The minimum absolute atomic E-state index is 0.237. The van der Waals surface area contributed by atoms with Crippen molar-refractivity contribution in [2.75, 3.05) is 11.5 Å². The van der Waals surface area contributed by atoms with Crippen LogP contribution < -0.4 is 20.9 Å². The molecule has 0 aliphatic carbocycles. The smallest absolute Gasteiger partial charge is 0.421 e. The van der Waals surface area contributed by atoms with E-state index in [-0.39, 0.29) is 12.1 Å². The maximum absolute atomic E-state index is 13.5. The van der Waals surface area contributed by atoms with Crippen molar-refractivity contribution in [1.29, 1.82) is 0 Å².